The number of aryl methyl sites for hydroxylation is 1. The monoisotopic (exact) mass is 450 g/mol. The number of benzene rings is 2. The number of anilines is 1. The molecule has 1 aromatic heterocycles. The Hall–Kier alpha value is -3.35. The average molecular weight is 451 g/mol. The van der Waals surface area contributed by atoms with Crippen LogP contribution in [0, 0.1) is 18.8 Å². The Morgan fingerprint density at radius 2 is 1.97 bits per heavy atom. The number of para-hydroxylation sites is 1. The van der Waals surface area contributed by atoms with Crippen LogP contribution >= 0.6 is 0 Å². The van der Waals surface area contributed by atoms with Gasteiger partial charge in [0.05, 0.1) is 17.7 Å². The summed E-state index contributed by atoms with van der Waals surface area (Å²) in [6.07, 6.45) is 1.57. The van der Waals surface area contributed by atoms with Crippen LogP contribution in [0.25, 0.3) is 22.3 Å². The Morgan fingerprint density at radius 1 is 1.21 bits per heavy atom. The third-order valence-electron chi connectivity index (χ3n) is 5.97. The van der Waals surface area contributed by atoms with Gasteiger partial charge >= 0.3 is 6.09 Å². The molecule has 7 heteroatoms. The average Bonchev–Trinajstić information content (AvgIpc) is 2.81. The molecule has 3 aromatic rings. The van der Waals surface area contributed by atoms with Crippen LogP contribution < -0.4 is 10.2 Å². The van der Waals surface area contributed by atoms with Gasteiger partial charge < -0.3 is 20.1 Å². The van der Waals surface area contributed by atoms with Gasteiger partial charge in [-0.05, 0) is 61.4 Å². The van der Waals surface area contributed by atoms with Crippen molar-refractivity contribution >= 4 is 22.8 Å². The predicted molar refractivity (Wildman–Crippen MR) is 133 cm³/mol. The van der Waals surface area contributed by atoms with Crippen molar-refractivity contribution in [2.75, 3.05) is 31.1 Å². The molecule has 0 saturated carbocycles. The van der Waals surface area contributed by atoms with Crippen LogP contribution in [0.3, 0.4) is 0 Å². The molecule has 1 fully saturated rings. The molecule has 2 heterocycles. The number of alkyl carbamates (subject to hydrolysis) is 1. The number of piperidine rings is 1. The number of ether oxygens (including phenoxy) is 1. The topological polar surface area (TPSA) is 87.6 Å². The van der Waals surface area contributed by atoms with Crippen LogP contribution in [-0.4, -0.2) is 47.4 Å². The largest absolute Gasteiger partial charge is 0.507 e. The lowest BCUT2D eigenvalue weighted by Gasteiger charge is -2.33. The van der Waals surface area contributed by atoms with Gasteiger partial charge in [0.1, 0.15) is 11.6 Å². The van der Waals surface area contributed by atoms with Gasteiger partial charge in [-0.1, -0.05) is 32.0 Å². The first-order valence-electron chi connectivity index (χ1n) is 11.6. The smallest absolute Gasteiger partial charge is 0.407 e. The standard InChI is InChI=1S/C26H32N4O3.H2/c1-17(2)16-33-26(32)27-15-19-10-12-30(13-11-19)25-20-9-8-18(3)14-22(20)28-24(29-25)21-6-4-5-7-23(21)31;/h4-9,14,17,19,31H,10-13,15-16H2,1-3H3,(H,27,32);1H. The number of hydrogen-bond donors (Lipinski definition) is 2. The van der Waals surface area contributed by atoms with E-state index in [0.29, 0.717) is 36.4 Å². The maximum absolute atomic E-state index is 11.9. The van der Waals surface area contributed by atoms with Crippen LogP contribution in [0.5, 0.6) is 5.75 Å². The Kier molecular flexibility index (Phi) is 6.96. The van der Waals surface area contributed by atoms with Gasteiger partial charge in [-0.2, -0.15) is 0 Å². The molecule has 1 amide bonds. The van der Waals surface area contributed by atoms with E-state index in [1.54, 1.807) is 12.1 Å². The molecule has 0 aliphatic carbocycles. The molecule has 2 N–H and O–H groups in total. The summed E-state index contributed by atoms with van der Waals surface area (Å²) in [5.41, 5.74) is 2.63. The number of nitrogens with zero attached hydrogens (tertiary/aromatic N) is 3. The highest BCUT2D eigenvalue weighted by Gasteiger charge is 2.23. The fourth-order valence-corrected chi connectivity index (χ4v) is 4.12. The van der Waals surface area contributed by atoms with Crippen molar-refractivity contribution in [3.8, 4) is 17.1 Å². The summed E-state index contributed by atoms with van der Waals surface area (Å²) in [6, 6.07) is 13.4. The normalized spacial score (nSPS) is 14.6. The summed E-state index contributed by atoms with van der Waals surface area (Å²) < 4.78 is 5.21. The number of phenols is 1. The van der Waals surface area contributed by atoms with Gasteiger partial charge in [-0.15, -0.1) is 0 Å². The number of aromatic hydroxyl groups is 1. The van der Waals surface area contributed by atoms with E-state index in [-0.39, 0.29) is 13.3 Å². The van der Waals surface area contributed by atoms with Gasteiger partial charge in [0.15, 0.2) is 5.82 Å². The van der Waals surface area contributed by atoms with Crippen molar-refractivity contribution in [3.63, 3.8) is 0 Å². The third-order valence-corrected chi connectivity index (χ3v) is 5.97. The summed E-state index contributed by atoms with van der Waals surface area (Å²) in [5, 5.41) is 14.3. The lowest BCUT2D eigenvalue weighted by molar-refractivity contribution is 0.131. The molecule has 0 radical (unpaired) electrons. The van der Waals surface area contributed by atoms with Crippen molar-refractivity contribution in [2.45, 2.75) is 33.6 Å². The highest BCUT2D eigenvalue weighted by Crippen LogP contribution is 2.33. The van der Waals surface area contributed by atoms with Crippen LogP contribution in [0.15, 0.2) is 42.5 Å². The first-order chi connectivity index (χ1) is 15.9. The first kappa shape index (κ1) is 22.8. The van der Waals surface area contributed by atoms with E-state index in [1.165, 1.54) is 0 Å². The van der Waals surface area contributed by atoms with Crippen molar-refractivity contribution in [3.05, 3.63) is 48.0 Å². The molecule has 7 nitrogen and oxygen atoms in total. The molecule has 0 spiro atoms. The Bertz CT molecular complexity index is 1130. The van der Waals surface area contributed by atoms with E-state index in [1.807, 2.05) is 32.9 Å². The van der Waals surface area contributed by atoms with E-state index in [9.17, 15) is 9.90 Å². The summed E-state index contributed by atoms with van der Waals surface area (Å²) in [7, 11) is 0. The highest BCUT2D eigenvalue weighted by molar-refractivity contribution is 5.92. The van der Waals surface area contributed by atoms with E-state index in [0.717, 1.165) is 48.2 Å². The zero-order chi connectivity index (χ0) is 23.4. The molecule has 1 aliphatic heterocycles. The Balaban J connectivity index is 0.00000324. The second-order valence-corrected chi connectivity index (χ2v) is 9.21. The second kappa shape index (κ2) is 10.1. The molecule has 4 rings (SSSR count). The lowest BCUT2D eigenvalue weighted by Crippen LogP contribution is -2.39. The zero-order valence-electron chi connectivity index (χ0n) is 19.5. The summed E-state index contributed by atoms with van der Waals surface area (Å²) in [4.78, 5) is 23.8. The number of nitrogens with one attached hydrogen (secondary N) is 1. The summed E-state index contributed by atoms with van der Waals surface area (Å²) >= 11 is 0. The van der Waals surface area contributed by atoms with Crippen LogP contribution in [0.4, 0.5) is 10.6 Å². The number of amides is 1. The van der Waals surface area contributed by atoms with Crippen LogP contribution in [0.2, 0.25) is 0 Å². The molecule has 0 unspecified atom stereocenters. The zero-order valence-corrected chi connectivity index (χ0v) is 19.5. The summed E-state index contributed by atoms with van der Waals surface area (Å²) in [6.45, 7) is 8.83. The molecular formula is C26H34N4O3. The molecule has 2 aromatic carbocycles. The highest BCUT2D eigenvalue weighted by atomic mass is 16.5. The molecule has 0 atom stereocenters. The van der Waals surface area contributed by atoms with Crippen molar-refractivity contribution in [2.24, 2.45) is 11.8 Å². The fourth-order valence-electron chi connectivity index (χ4n) is 4.12. The Labute approximate surface area is 196 Å². The number of phenolic OH excluding ortho intramolecular Hbond substituents is 1. The number of carbonyl (C=O) groups excluding carboxylic acids is 1. The van der Waals surface area contributed by atoms with E-state index in [4.69, 9.17) is 14.7 Å². The van der Waals surface area contributed by atoms with Crippen LogP contribution in [0.1, 0.15) is 33.7 Å². The van der Waals surface area contributed by atoms with Crippen molar-refractivity contribution in [1.82, 2.24) is 15.3 Å². The SMILES string of the molecule is Cc1ccc2c(N3CCC(CNC(=O)OCC(C)C)CC3)nc(-c3ccccc3O)nc2c1.[HH]. The lowest BCUT2D eigenvalue weighted by atomic mass is 9.96. The number of fused-ring (bicyclic) bond motifs is 1. The minimum Gasteiger partial charge on any atom is -0.507 e. The molecule has 1 aliphatic rings. The van der Waals surface area contributed by atoms with Crippen LogP contribution in [-0.2, 0) is 4.74 Å². The third kappa shape index (κ3) is 5.53. The number of aromatic nitrogens is 2. The maximum atomic E-state index is 11.9. The minimum atomic E-state index is -0.337. The number of rotatable bonds is 6. The molecule has 1 saturated heterocycles. The predicted octanol–water partition coefficient (Wildman–Crippen LogP) is 5.16. The van der Waals surface area contributed by atoms with E-state index >= 15 is 0 Å². The van der Waals surface area contributed by atoms with Crippen molar-refractivity contribution < 1.29 is 16.1 Å². The summed E-state index contributed by atoms with van der Waals surface area (Å²) in [5.74, 6) is 2.32. The van der Waals surface area contributed by atoms with E-state index in [2.05, 4.69) is 28.4 Å². The van der Waals surface area contributed by atoms with Crippen molar-refractivity contribution in [1.29, 1.82) is 0 Å². The molecule has 176 valence electrons. The maximum Gasteiger partial charge on any atom is 0.407 e. The van der Waals surface area contributed by atoms with E-state index < -0.39 is 0 Å². The number of carbonyl (C=O) groups is 1. The fraction of sp³-hybridized carbons (Fsp3) is 0.423. The van der Waals surface area contributed by atoms with Gasteiger partial charge in [-0.25, -0.2) is 14.8 Å². The Morgan fingerprint density at radius 3 is 2.70 bits per heavy atom. The first-order valence-corrected chi connectivity index (χ1v) is 11.6. The van der Waals surface area contributed by atoms with Gasteiger partial charge in [0.25, 0.3) is 0 Å². The molecule has 0 bridgehead atoms. The van der Waals surface area contributed by atoms with Gasteiger partial charge in [0.2, 0.25) is 0 Å². The molecule has 33 heavy (non-hydrogen) atoms. The van der Waals surface area contributed by atoms with Gasteiger partial charge in [-0.3, -0.25) is 0 Å². The minimum absolute atomic E-state index is 0. The quantitative estimate of drug-likeness (QED) is 0.540. The number of hydrogen-bond acceptors (Lipinski definition) is 6. The molecular weight excluding hydrogens is 416 g/mol. The van der Waals surface area contributed by atoms with Gasteiger partial charge in [0, 0.05) is 26.4 Å². The second-order valence-electron chi connectivity index (χ2n) is 9.21.